The van der Waals surface area contributed by atoms with Crippen LogP contribution in [0.15, 0.2) is 0 Å². The summed E-state index contributed by atoms with van der Waals surface area (Å²) in [6.45, 7) is 11.7. The molecule has 1 aliphatic rings. The van der Waals surface area contributed by atoms with E-state index in [4.69, 9.17) is 15.5 Å². The molecule has 2 rings (SSSR count). The maximum absolute atomic E-state index is 5.81. The third-order valence-electron chi connectivity index (χ3n) is 3.14. The maximum Gasteiger partial charge on any atom is 0.186 e. The van der Waals surface area contributed by atoms with Crippen molar-refractivity contribution in [3.8, 4) is 0 Å². The number of ether oxygens (including phenoxy) is 1. The molecule has 5 heteroatoms. The Morgan fingerprint density at radius 1 is 1.50 bits per heavy atom. The minimum absolute atomic E-state index is 0.0925. The van der Waals surface area contributed by atoms with E-state index in [9.17, 15) is 0 Å². The average molecular weight is 269 g/mol. The van der Waals surface area contributed by atoms with Gasteiger partial charge >= 0.3 is 0 Å². The van der Waals surface area contributed by atoms with Gasteiger partial charge in [0.15, 0.2) is 5.13 Å². The second kappa shape index (κ2) is 5.15. The van der Waals surface area contributed by atoms with E-state index < -0.39 is 0 Å². The van der Waals surface area contributed by atoms with Crippen LogP contribution in [-0.4, -0.2) is 30.3 Å². The molecule has 0 bridgehead atoms. The summed E-state index contributed by atoms with van der Waals surface area (Å²) in [5.74, 6) is 0.433. The zero-order valence-electron chi connectivity index (χ0n) is 11.7. The van der Waals surface area contributed by atoms with Gasteiger partial charge in [0.2, 0.25) is 0 Å². The molecule has 0 aromatic carbocycles. The number of thiazole rings is 1. The molecule has 0 radical (unpaired) electrons. The molecule has 0 spiro atoms. The van der Waals surface area contributed by atoms with Crippen LogP contribution in [0.1, 0.15) is 44.2 Å². The Hall–Kier alpha value is -0.650. The fourth-order valence-corrected chi connectivity index (χ4v) is 3.38. The van der Waals surface area contributed by atoms with Crippen molar-refractivity contribution in [1.29, 1.82) is 0 Å². The lowest BCUT2D eigenvalue weighted by Crippen LogP contribution is -2.48. The molecule has 1 saturated heterocycles. The van der Waals surface area contributed by atoms with Gasteiger partial charge in [-0.2, -0.15) is 0 Å². The Bertz CT molecular complexity index is 414. The van der Waals surface area contributed by atoms with Crippen molar-refractivity contribution in [3.63, 3.8) is 0 Å². The van der Waals surface area contributed by atoms with Gasteiger partial charge in [0.05, 0.1) is 17.9 Å². The summed E-state index contributed by atoms with van der Waals surface area (Å²) < 4.78 is 5.74. The molecule has 0 amide bonds. The van der Waals surface area contributed by atoms with Gasteiger partial charge in [-0.15, -0.1) is 11.3 Å². The summed E-state index contributed by atoms with van der Waals surface area (Å²) in [6, 6.07) is 0. The first-order valence-electron chi connectivity index (χ1n) is 6.51. The molecule has 0 unspecified atom stereocenters. The zero-order chi connectivity index (χ0) is 13.3. The average Bonchev–Trinajstić information content (AvgIpc) is 2.71. The van der Waals surface area contributed by atoms with E-state index in [2.05, 4.69) is 32.6 Å². The number of morpholine rings is 1. The Morgan fingerprint density at radius 3 is 2.72 bits per heavy atom. The molecule has 102 valence electrons. The second-order valence-corrected chi connectivity index (χ2v) is 6.76. The van der Waals surface area contributed by atoms with Gasteiger partial charge in [-0.1, -0.05) is 13.8 Å². The summed E-state index contributed by atoms with van der Waals surface area (Å²) in [5, 5.41) is 1.09. The van der Waals surface area contributed by atoms with E-state index in [0.717, 1.165) is 30.5 Å². The molecule has 18 heavy (non-hydrogen) atoms. The number of aromatic nitrogens is 1. The molecule has 2 heterocycles. The van der Waals surface area contributed by atoms with Crippen LogP contribution in [0.25, 0.3) is 0 Å². The Morgan fingerprint density at radius 2 is 2.22 bits per heavy atom. The lowest BCUT2D eigenvalue weighted by molar-refractivity contribution is -0.0277. The molecule has 0 saturated carbocycles. The number of rotatable bonds is 3. The van der Waals surface area contributed by atoms with Crippen molar-refractivity contribution >= 4 is 16.5 Å². The first kappa shape index (κ1) is 13.8. The molecule has 1 aromatic rings. The highest BCUT2D eigenvalue weighted by Crippen LogP contribution is 2.32. The van der Waals surface area contributed by atoms with Gasteiger partial charge in [0.25, 0.3) is 0 Å². The van der Waals surface area contributed by atoms with E-state index in [1.165, 1.54) is 4.88 Å². The normalized spacial score (nSPS) is 19.6. The van der Waals surface area contributed by atoms with E-state index in [0.29, 0.717) is 12.5 Å². The van der Waals surface area contributed by atoms with Gasteiger partial charge in [0, 0.05) is 24.5 Å². The van der Waals surface area contributed by atoms with Crippen LogP contribution in [0.2, 0.25) is 0 Å². The Labute approximate surface area is 113 Å². The van der Waals surface area contributed by atoms with Crippen LogP contribution < -0.4 is 10.6 Å². The highest BCUT2D eigenvalue weighted by molar-refractivity contribution is 7.15. The van der Waals surface area contributed by atoms with Crippen molar-refractivity contribution in [2.75, 3.05) is 24.6 Å². The first-order chi connectivity index (χ1) is 8.43. The van der Waals surface area contributed by atoms with E-state index >= 15 is 0 Å². The topological polar surface area (TPSA) is 51.4 Å². The fourth-order valence-electron chi connectivity index (χ4n) is 2.26. The lowest BCUT2D eigenvalue weighted by Gasteiger charge is -2.38. The molecule has 1 aliphatic heterocycles. The number of nitrogens with zero attached hydrogens (tertiary/aromatic N) is 2. The van der Waals surface area contributed by atoms with Crippen molar-refractivity contribution in [2.45, 2.75) is 45.8 Å². The van der Waals surface area contributed by atoms with Crippen LogP contribution in [-0.2, 0) is 11.3 Å². The Balaban J connectivity index is 2.23. The number of hydrogen-bond acceptors (Lipinski definition) is 5. The second-order valence-electron chi connectivity index (χ2n) is 5.69. The zero-order valence-corrected chi connectivity index (χ0v) is 12.5. The van der Waals surface area contributed by atoms with Crippen LogP contribution in [0, 0.1) is 0 Å². The van der Waals surface area contributed by atoms with Gasteiger partial charge in [0.1, 0.15) is 0 Å². The molecule has 4 nitrogen and oxygen atoms in total. The summed E-state index contributed by atoms with van der Waals surface area (Å²) in [4.78, 5) is 8.31. The summed E-state index contributed by atoms with van der Waals surface area (Å²) >= 11 is 1.73. The summed E-state index contributed by atoms with van der Waals surface area (Å²) in [7, 11) is 0. The molecule has 0 atom stereocenters. The van der Waals surface area contributed by atoms with Crippen molar-refractivity contribution in [1.82, 2.24) is 4.98 Å². The summed E-state index contributed by atoms with van der Waals surface area (Å²) in [6.07, 6.45) is 0. The van der Waals surface area contributed by atoms with Crippen LogP contribution in [0.4, 0.5) is 5.13 Å². The largest absolute Gasteiger partial charge is 0.372 e. The quantitative estimate of drug-likeness (QED) is 0.915. The smallest absolute Gasteiger partial charge is 0.186 e. The van der Waals surface area contributed by atoms with Crippen molar-refractivity contribution < 1.29 is 4.74 Å². The van der Waals surface area contributed by atoms with Crippen LogP contribution in [0.5, 0.6) is 0 Å². The molecule has 1 fully saturated rings. The molecule has 2 N–H and O–H groups in total. The van der Waals surface area contributed by atoms with Crippen molar-refractivity contribution in [3.05, 3.63) is 10.6 Å². The number of hydrogen-bond donors (Lipinski definition) is 1. The van der Waals surface area contributed by atoms with Crippen LogP contribution >= 0.6 is 11.3 Å². The van der Waals surface area contributed by atoms with Gasteiger partial charge < -0.3 is 15.4 Å². The van der Waals surface area contributed by atoms with Crippen molar-refractivity contribution in [2.24, 2.45) is 5.73 Å². The molecular weight excluding hydrogens is 246 g/mol. The lowest BCUT2D eigenvalue weighted by atomic mass is 10.1. The van der Waals surface area contributed by atoms with Gasteiger partial charge in [-0.25, -0.2) is 4.98 Å². The number of anilines is 1. The molecule has 1 aromatic heterocycles. The standard InChI is InChI=1S/C13H23N3OS/c1-9(2)11-10(7-14)18-12(15-11)16-5-6-17-13(3,4)8-16/h9H,5-8,14H2,1-4H3. The maximum atomic E-state index is 5.81. The minimum atomic E-state index is -0.0925. The highest BCUT2D eigenvalue weighted by Gasteiger charge is 2.29. The van der Waals surface area contributed by atoms with Crippen LogP contribution in [0.3, 0.4) is 0 Å². The molecule has 0 aliphatic carbocycles. The monoisotopic (exact) mass is 269 g/mol. The fraction of sp³-hybridized carbons (Fsp3) is 0.769. The third kappa shape index (κ3) is 2.84. The van der Waals surface area contributed by atoms with E-state index in [1.54, 1.807) is 11.3 Å². The highest BCUT2D eigenvalue weighted by atomic mass is 32.1. The number of nitrogens with two attached hydrogens (primary N) is 1. The Kier molecular flexibility index (Phi) is 3.94. The van der Waals surface area contributed by atoms with Gasteiger partial charge in [-0.05, 0) is 19.8 Å². The predicted molar refractivity (Wildman–Crippen MR) is 76.3 cm³/mol. The molecular formula is C13H23N3OS. The predicted octanol–water partition coefficient (Wildman–Crippen LogP) is 2.34. The van der Waals surface area contributed by atoms with E-state index in [-0.39, 0.29) is 5.60 Å². The third-order valence-corrected chi connectivity index (χ3v) is 4.30. The van der Waals surface area contributed by atoms with Gasteiger partial charge in [-0.3, -0.25) is 0 Å². The minimum Gasteiger partial charge on any atom is -0.372 e. The first-order valence-corrected chi connectivity index (χ1v) is 7.33. The SMILES string of the molecule is CC(C)c1nc(N2CCOC(C)(C)C2)sc1CN. The van der Waals surface area contributed by atoms with E-state index in [1.807, 2.05) is 0 Å². The summed E-state index contributed by atoms with van der Waals surface area (Å²) in [5.41, 5.74) is 6.87.